The molecule has 1 aliphatic heterocycles. The number of nitrogens with one attached hydrogen (secondary N) is 1. The first-order chi connectivity index (χ1) is 15.4. The van der Waals surface area contributed by atoms with E-state index in [2.05, 4.69) is 38.9 Å². The van der Waals surface area contributed by atoms with Crippen LogP contribution in [0.1, 0.15) is 33.4 Å². The number of halogens is 1. The summed E-state index contributed by atoms with van der Waals surface area (Å²) in [4.78, 5) is 18.2. The standard InChI is InChI=1S/C26H31ClN4O/c1-19-17-24(20(2)31(19)23-11-9-22(27)10-12-23)26(32)28-25(21-7-5-4-6-8-21)18-30-15-13-29(3)14-16-30/h4-12,17,25H,13-16,18H2,1-3H3,(H,28,32). The zero-order valence-corrected chi connectivity index (χ0v) is 19.8. The van der Waals surface area contributed by atoms with Gasteiger partial charge in [-0.3, -0.25) is 9.69 Å². The fraction of sp³-hybridized carbons (Fsp3) is 0.346. The van der Waals surface area contributed by atoms with Crippen molar-refractivity contribution < 1.29 is 4.79 Å². The lowest BCUT2D eigenvalue weighted by atomic mass is 10.0. The van der Waals surface area contributed by atoms with Crippen molar-refractivity contribution >= 4 is 17.5 Å². The summed E-state index contributed by atoms with van der Waals surface area (Å²) in [5.74, 6) is -0.0405. The molecule has 1 fully saturated rings. The van der Waals surface area contributed by atoms with E-state index in [1.54, 1.807) is 0 Å². The summed E-state index contributed by atoms with van der Waals surface area (Å²) in [5, 5.41) is 4.02. The van der Waals surface area contributed by atoms with E-state index in [0.717, 1.165) is 55.4 Å². The first-order valence-electron chi connectivity index (χ1n) is 11.1. The predicted molar refractivity (Wildman–Crippen MR) is 131 cm³/mol. The number of amides is 1. The first kappa shape index (κ1) is 22.6. The maximum Gasteiger partial charge on any atom is 0.253 e. The molecule has 1 aliphatic rings. The third-order valence-electron chi connectivity index (χ3n) is 6.30. The van der Waals surface area contributed by atoms with Crippen LogP contribution in [0, 0.1) is 13.8 Å². The van der Waals surface area contributed by atoms with Crippen LogP contribution in [0.3, 0.4) is 0 Å². The Labute approximate surface area is 195 Å². The minimum Gasteiger partial charge on any atom is -0.344 e. The van der Waals surface area contributed by atoms with Crippen LogP contribution < -0.4 is 5.32 Å². The van der Waals surface area contributed by atoms with Gasteiger partial charge < -0.3 is 14.8 Å². The summed E-state index contributed by atoms with van der Waals surface area (Å²) in [6.07, 6.45) is 0. The van der Waals surface area contributed by atoms with Crippen LogP contribution in [0.25, 0.3) is 5.69 Å². The second kappa shape index (κ2) is 9.90. The van der Waals surface area contributed by atoms with Gasteiger partial charge in [0.25, 0.3) is 5.91 Å². The molecule has 5 nitrogen and oxygen atoms in total. The number of aromatic nitrogens is 1. The van der Waals surface area contributed by atoms with E-state index in [1.165, 1.54) is 0 Å². The number of rotatable bonds is 6. The summed E-state index contributed by atoms with van der Waals surface area (Å²) in [5.41, 5.74) is 4.78. The number of hydrogen-bond donors (Lipinski definition) is 1. The summed E-state index contributed by atoms with van der Waals surface area (Å²) in [6, 6.07) is 19.9. The second-order valence-electron chi connectivity index (χ2n) is 8.64. The lowest BCUT2D eigenvalue weighted by Crippen LogP contribution is -2.47. The van der Waals surface area contributed by atoms with Gasteiger partial charge in [0.2, 0.25) is 0 Å². The van der Waals surface area contributed by atoms with E-state index < -0.39 is 0 Å². The molecule has 6 heteroatoms. The highest BCUT2D eigenvalue weighted by Gasteiger charge is 2.24. The maximum atomic E-state index is 13.4. The molecule has 0 aliphatic carbocycles. The van der Waals surface area contributed by atoms with Crippen molar-refractivity contribution in [3.63, 3.8) is 0 Å². The number of piperazine rings is 1. The van der Waals surface area contributed by atoms with Crippen LogP contribution in [0.15, 0.2) is 60.7 Å². The van der Waals surface area contributed by atoms with E-state index in [4.69, 9.17) is 11.6 Å². The van der Waals surface area contributed by atoms with Crippen molar-refractivity contribution in [2.45, 2.75) is 19.9 Å². The zero-order chi connectivity index (χ0) is 22.7. The van der Waals surface area contributed by atoms with E-state index in [1.807, 2.05) is 62.4 Å². The monoisotopic (exact) mass is 450 g/mol. The summed E-state index contributed by atoms with van der Waals surface area (Å²) in [7, 11) is 2.16. The minimum absolute atomic E-state index is 0.0405. The van der Waals surface area contributed by atoms with Crippen LogP contribution in [0.2, 0.25) is 5.02 Å². The number of aryl methyl sites for hydroxylation is 1. The van der Waals surface area contributed by atoms with Gasteiger partial charge in [-0.1, -0.05) is 41.9 Å². The highest BCUT2D eigenvalue weighted by atomic mass is 35.5. The van der Waals surface area contributed by atoms with Crippen molar-refractivity contribution in [3.05, 3.63) is 88.2 Å². The molecule has 1 unspecified atom stereocenters. The molecule has 1 atom stereocenters. The SMILES string of the molecule is Cc1cc(C(=O)NC(CN2CCN(C)CC2)c2ccccc2)c(C)n1-c1ccc(Cl)cc1. The van der Waals surface area contributed by atoms with Gasteiger partial charge in [0.15, 0.2) is 0 Å². The van der Waals surface area contributed by atoms with Crippen molar-refractivity contribution in [2.24, 2.45) is 0 Å². The molecule has 1 saturated heterocycles. The summed E-state index contributed by atoms with van der Waals surface area (Å²) >= 11 is 6.06. The molecule has 2 aromatic carbocycles. The Bertz CT molecular complexity index is 1050. The molecular formula is C26H31ClN4O. The number of likely N-dealkylation sites (N-methyl/N-ethyl adjacent to an activating group) is 1. The molecule has 0 bridgehead atoms. The Morgan fingerprint density at radius 3 is 2.31 bits per heavy atom. The molecule has 1 N–H and O–H groups in total. The van der Waals surface area contributed by atoms with Crippen LogP contribution in [-0.4, -0.2) is 60.0 Å². The summed E-state index contributed by atoms with van der Waals surface area (Å²) in [6.45, 7) is 8.96. The average molecular weight is 451 g/mol. The number of carbonyl (C=O) groups is 1. The molecule has 2 heterocycles. The van der Waals surface area contributed by atoms with Crippen LogP contribution >= 0.6 is 11.6 Å². The first-order valence-corrected chi connectivity index (χ1v) is 11.5. The van der Waals surface area contributed by atoms with Gasteiger partial charge in [0, 0.05) is 54.8 Å². The van der Waals surface area contributed by atoms with E-state index in [-0.39, 0.29) is 11.9 Å². The van der Waals surface area contributed by atoms with Gasteiger partial charge in [0.1, 0.15) is 0 Å². The number of carbonyl (C=O) groups excluding carboxylic acids is 1. The van der Waals surface area contributed by atoms with Crippen LogP contribution in [-0.2, 0) is 0 Å². The Kier molecular flexibility index (Phi) is 6.99. The Morgan fingerprint density at radius 1 is 1.00 bits per heavy atom. The molecule has 4 rings (SSSR count). The molecule has 1 aromatic heterocycles. The summed E-state index contributed by atoms with van der Waals surface area (Å²) < 4.78 is 2.10. The van der Waals surface area contributed by atoms with Gasteiger partial charge in [-0.15, -0.1) is 0 Å². The van der Waals surface area contributed by atoms with Gasteiger partial charge in [0.05, 0.1) is 11.6 Å². The van der Waals surface area contributed by atoms with E-state index >= 15 is 0 Å². The molecule has 3 aromatic rings. The fourth-order valence-electron chi connectivity index (χ4n) is 4.42. The van der Waals surface area contributed by atoms with E-state index in [0.29, 0.717) is 10.6 Å². The fourth-order valence-corrected chi connectivity index (χ4v) is 4.55. The van der Waals surface area contributed by atoms with Crippen molar-refractivity contribution in [3.8, 4) is 5.69 Å². The van der Waals surface area contributed by atoms with Crippen molar-refractivity contribution in [2.75, 3.05) is 39.8 Å². The molecule has 168 valence electrons. The zero-order valence-electron chi connectivity index (χ0n) is 19.0. The molecular weight excluding hydrogens is 420 g/mol. The smallest absolute Gasteiger partial charge is 0.253 e. The Hall–Kier alpha value is -2.60. The molecule has 0 radical (unpaired) electrons. The number of benzene rings is 2. The van der Waals surface area contributed by atoms with Crippen molar-refractivity contribution in [1.29, 1.82) is 0 Å². The van der Waals surface area contributed by atoms with Crippen LogP contribution in [0.5, 0.6) is 0 Å². The maximum absolute atomic E-state index is 13.4. The number of nitrogens with zero attached hydrogens (tertiary/aromatic N) is 3. The quantitative estimate of drug-likeness (QED) is 0.602. The van der Waals surface area contributed by atoms with Gasteiger partial charge in [-0.25, -0.2) is 0 Å². The van der Waals surface area contributed by atoms with Crippen molar-refractivity contribution in [1.82, 2.24) is 19.7 Å². The highest BCUT2D eigenvalue weighted by Crippen LogP contribution is 2.23. The highest BCUT2D eigenvalue weighted by molar-refractivity contribution is 6.30. The third-order valence-corrected chi connectivity index (χ3v) is 6.56. The number of hydrogen-bond acceptors (Lipinski definition) is 3. The third kappa shape index (κ3) is 5.07. The minimum atomic E-state index is -0.0642. The molecule has 0 spiro atoms. The topological polar surface area (TPSA) is 40.5 Å². The van der Waals surface area contributed by atoms with E-state index in [9.17, 15) is 4.79 Å². The predicted octanol–water partition coefficient (Wildman–Crippen LogP) is 4.47. The lowest BCUT2D eigenvalue weighted by Gasteiger charge is -2.35. The molecule has 0 saturated carbocycles. The lowest BCUT2D eigenvalue weighted by molar-refractivity contribution is 0.0906. The largest absolute Gasteiger partial charge is 0.344 e. The Balaban J connectivity index is 1.57. The van der Waals surface area contributed by atoms with Crippen LogP contribution in [0.4, 0.5) is 0 Å². The molecule has 32 heavy (non-hydrogen) atoms. The van der Waals surface area contributed by atoms with Gasteiger partial charge in [-0.05, 0) is 56.8 Å². The van der Waals surface area contributed by atoms with Gasteiger partial charge in [-0.2, -0.15) is 0 Å². The van der Waals surface area contributed by atoms with Gasteiger partial charge >= 0.3 is 0 Å². The second-order valence-corrected chi connectivity index (χ2v) is 9.07. The Morgan fingerprint density at radius 2 is 1.66 bits per heavy atom. The molecule has 1 amide bonds. The normalized spacial score (nSPS) is 16.1. The average Bonchev–Trinajstić information content (AvgIpc) is 3.10.